The number of ether oxygens (including phenoxy) is 2. The van der Waals surface area contributed by atoms with Crippen LogP contribution in [0.15, 0.2) is 42.5 Å². The van der Waals surface area contributed by atoms with Gasteiger partial charge in [-0.15, -0.1) is 0 Å². The van der Waals surface area contributed by atoms with E-state index in [-0.39, 0.29) is 0 Å². The zero-order valence-electron chi connectivity index (χ0n) is 18.8. The Morgan fingerprint density at radius 1 is 1.12 bits per heavy atom. The predicted molar refractivity (Wildman–Crippen MR) is 129 cm³/mol. The minimum Gasteiger partial charge on any atom is -0.495 e. The summed E-state index contributed by atoms with van der Waals surface area (Å²) in [5.74, 6) is 2.40. The van der Waals surface area contributed by atoms with E-state index >= 15 is 0 Å². The van der Waals surface area contributed by atoms with Gasteiger partial charge in [0, 0.05) is 5.69 Å². The van der Waals surface area contributed by atoms with E-state index in [0.29, 0.717) is 52.6 Å². The molecule has 0 aliphatic rings. The molecule has 0 fully saturated rings. The Balaban J connectivity index is 2.16. The lowest BCUT2D eigenvalue weighted by Gasteiger charge is -2.16. The van der Waals surface area contributed by atoms with Crippen molar-refractivity contribution in [2.24, 2.45) is 0 Å². The van der Waals surface area contributed by atoms with Gasteiger partial charge in [-0.1, -0.05) is 37.1 Å². The van der Waals surface area contributed by atoms with Crippen molar-refractivity contribution < 1.29 is 14.8 Å². The lowest BCUT2D eigenvalue weighted by Crippen LogP contribution is -2.73. The third kappa shape index (κ3) is 5.18. The average molecular weight is 455 g/mol. The van der Waals surface area contributed by atoms with Gasteiger partial charge in [-0.2, -0.15) is 0 Å². The van der Waals surface area contributed by atoms with Crippen LogP contribution in [0.4, 0.5) is 17.2 Å². The molecule has 4 N–H and O–H groups in total. The third-order valence-corrected chi connectivity index (χ3v) is 5.16. The normalized spacial score (nSPS) is 10.7. The number of benzene rings is 2. The van der Waals surface area contributed by atoms with Gasteiger partial charge in [-0.25, -0.2) is 9.97 Å². The molecule has 2 aromatic carbocycles. The Labute approximate surface area is 193 Å². The second-order valence-corrected chi connectivity index (χ2v) is 7.49. The van der Waals surface area contributed by atoms with Crippen LogP contribution in [0.5, 0.6) is 11.5 Å². The lowest BCUT2D eigenvalue weighted by molar-refractivity contribution is -0.539. The lowest BCUT2D eigenvalue weighted by atomic mass is 10.1. The molecule has 0 bridgehead atoms. The van der Waals surface area contributed by atoms with Gasteiger partial charge < -0.3 is 25.5 Å². The molecule has 0 atom stereocenters. The smallest absolute Gasteiger partial charge is 0.200 e. The number of para-hydroxylation sites is 1. The first kappa shape index (κ1) is 23.5. The van der Waals surface area contributed by atoms with Gasteiger partial charge in [0.05, 0.1) is 37.1 Å². The van der Waals surface area contributed by atoms with E-state index in [4.69, 9.17) is 36.5 Å². The van der Waals surface area contributed by atoms with Crippen molar-refractivity contribution >= 4 is 34.5 Å². The number of quaternary nitrogens is 1. The largest absolute Gasteiger partial charge is 0.495 e. The quantitative estimate of drug-likeness (QED) is 0.377. The molecule has 8 heteroatoms. The van der Waals surface area contributed by atoms with E-state index in [1.165, 1.54) is 0 Å². The summed E-state index contributed by atoms with van der Waals surface area (Å²) >= 11 is 6.32. The summed E-state index contributed by atoms with van der Waals surface area (Å²) in [6.45, 7) is 4.52. The second kappa shape index (κ2) is 10.9. The predicted octanol–water partition coefficient (Wildman–Crippen LogP) is 4.94. The standard InChI is InChI=1S/C24H28ClN5O2/c1-5-9-18(26)21-22(27-3)24(28-15-12-13-20(31-4)17(25)14-15)30-23(29-21)16-10-7-8-11-19(16)32-6-2/h7-8,10-14,26-27H,5-6,9H2,1-4H3,(H,28,29,30)/p+1. The highest BCUT2D eigenvalue weighted by molar-refractivity contribution is 6.32. The minimum atomic E-state index is 0.467. The van der Waals surface area contributed by atoms with Gasteiger partial charge in [-0.05, 0) is 43.7 Å². The van der Waals surface area contributed by atoms with Crippen molar-refractivity contribution in [1.29, 1.82) is 5.41 Å². The molecule has 7 nitrogen and oxygen atoms in total. The molecule has 0 saturated carbocycles. The summed E-state index contributed by atoms with van der Waals surface area (Å²) in [6.07, 6.45) is 1.48. The number of aromatic nitrogens is 2. The summed E-state index contributed by atoms with van der Waals surface area (Å²) in [6, 6.07) is 13.1. The molecule has 32 heavy (non-hydrogen) atoms. The van der Waals surface area contributed by atoms with E-state index in [1.807, 2.05) is 49.6 Å². The van der Waals surface area contributed by atoms with Gasteiger partial charge in [0.25, 0.3) is 0 Å². The zero-order chi connectivity index (χ0) is 23.1. The number of hydrogen-bond acceptors (Lipinski definition) is 6. The maximum absolute atomic E-state index is 8.62. The maximum Gasteiger partial charge on any atom is 0.200 e. The maximum atomic E-state index is 8.62. The van der Waals surface area contributed by atoms with Crippen LogP contribution in [0.2, 0.25) is 5.02 Å². The van der Waals surface area contributed by atoms with Crippen LogP contribution in [0, 0.1) is 5.41 Å². The topological polar surface area (TPSA) is 96.7 Å². The van der Waals surface area contributed by atoms with Crippen molar-refractivity contribution in [1.82, 2.24) is 9.97 Å². The molecule has 0 aliphatic heterocycles. The molecule has 0 radical (unpaired) electrons. The molecule has 0 aliphatic carbocycles. The number of halogens is 1. The minimum absolute atomic E-state index is 0.467. The molecule has 3 rings (SSSR count). The van der Waals surface area contributed by atoms with Crippen LogP contribution >= 0.6 is 11.6 Å². The van der Waals surface area contributed by atoms with E-state index < -0.39 is 0 Å². The fraction of sp³-hybridized carbons (Fsp3) is 0.292. The van der Waals surface area contributed by atoms with Gasteiger partial charge in [-0.3, -0.25) is 0 Å². The molecule has 0 amide bonds. The van der Waals surface area contributed by atoms with Crippen molar-refractivity contribution in [2.45, 2.75) is 26.7 Å². The van der Waals surface area contributed by atoms with Gasteiger partial charge in [0.15, 0.2) is 17.3 Å². The second-order valence-electron chi connectivity index (χ2n) is 7.08. The van der Waals surface area contributed by atoms with Crippen LogP contribution in [0.1, 0.15) is 32.4 Å². The number of methoxy groups -OCH3 is 1. The van der Waals surface area contributed by atoms with Crippen LogP contribution in [-0.2, 0) is 0 Å². The first-order valence-electron chi connectivity index (χ1n) is 10.6. The van der Waals surface area contributed by atoms with E-state index in [0.717, 1.165) is 23.4 Å². The van der Waals surface area contributed by atoms with Crippen molar-refractivity contribution in [3.05, 3.63) is 53.2 Å². The summed E-state index contributed by atoms with van der Waals surface area (Å²) in [5.41, 5.74) is 3.38. The highest BCUT2D eigenvalue weighted by atomic mass is 35.5. The molecular formula is C24H29ClN5O2+. The molecule has 0 spiro atoms. The van der Waals surface area contributed by atoms with E-state index in [2.05, 4.69) is 12.2 Å². The highest BCUT2D eigenvalue weighted by Crippen LogP contribution is 2.34. The Morgan fingerprint density at radius 3 is 2.56 bits per heavy atom. The van der Waals surface area contributed by atoms with Gasteiger partial charge in [0.2, 0.25) is 5.69 Å². The first-order valence-corrected chi connectivity index (χ1v) is 11.0. The first-order chi connectivity index (χ1) is 15.5. The number of nitrogens with one attached hydrogen (secondary N) is 2. The average Bonchev–Trinajstić information content (AvgIpc) is 2.79. The Bertz CT molecular complexity index is 1100. The van der Waals surface area contributed by atoms with Crippen LogP contribution in [-0.4, -0.2) is 36.4 Å². The number of nitrogens with two attached hydrogens (primary N) is 1. The summed E-state index contributed by atoms with van der Waals surface area (Å²) in [5, 5.41) is 14.4. The molecule has 1 aromatic heterocycles. The number of rotatable bonds is 10. The number of hydrogen-bond donors (Lipinski definition) is 3. The van der Waals surface area contributed by atoms with Crippen LogP contribution in [0.3, 0.4) is 0 Å². The molecule has 0 saturated heterocycles. The van der Waals surface area contributed by atoms with Crippen LogP contribution in [0.25, 0.3) is 11.4 Å². The van der Waals surface area contributed by atoms with E-state index in [9.17, 15) is 0 Å². The summed E-state index contributed by atoms with van der Waals surface area (Å²) in [4.78, 5) is 9.61. The van der Waals surface area contributed by atoms with E-state index in [1.54, 1.807) is 19.2 Å². The molecule has 168 valence electrons. The van der Waals surface area contributed by atoms with Crippen molar-refractivity contribution in [3.8, 4) is 22.9 Å². The molecular weight excluding hydrogens is 426 g/mol. The van der Waals surface area contributed by atoms with Gasteiger partial charge >= 0.3 is 0 Å². The number of anilines is 2. The number of nitrogens with zero attached hydrogens (tertiary/aromatic N) is 2. The van der Waals surface area contributed by atoms with Crippen LogP contribution < -0.4 is 20.1 Å². The zero-order valence-corrected chi connectivity index (χ0v) is 19.6. The summed E-state index contributed by atoms with van der Waals surface area (Å²) in [7, 11) is 3.50. The molecule has 0 unspecified atom stereocenters. The van der Waals surface area contributed by atoms with Gasteiger partial charge in [0.1, 0.15) is 11.5 Å². The fourth-order valence-corrected chi connectivity index (χ4v) is 3.63. The highest BCUT2D eigenvalue weighted by Gasteiger charge is 2.22. The Hall–Kier alpha value is -3.16. The van der Waals surface area contributed by atoms with Crippen molar-refractivity contribution in [3.63, 3.8) is 0 Å². The monoisotopic (exact) mass is 454 g/mol. The SMILES string of the molecule is CCCC(=N)c1nc(-c2ccccc2OCC)nc(Nc2ccc(OC)c(Cl)c2)c1[NH2+]C. The molecule has 1 heterocycles. The fourth-order valence-electron chi connectivity index (χ4n) is 3.37. The molecule has 3 aromatic rings. The third-order valence-electron chi connectivity index (χ3n) is 4.86. The van der Waals surface area contributed by atoms with Crippen molar-refractivity contribution in [2.75, 3.05) is 26.1 Å². The Kier molecular flexibility index (Phi) is 8.03. The Morgan fingerprint density at radius 2 is 1.91 bits per heavy atom. The summed E-state index contributed by atoms with van der Waals surface area (Å²) < 4.78 is 11.1.